The zero-order valence-electron chi connectivity index (χ0n) is 22.5. The SMILES string of the molecule is COc1cc(C[C@@H]2COC(=O)[C@@H]2Cc2cc(OC)c(O)c([C@H](CO)[C@H](O)c3ccc(O)c(OC)c3)c2)ccc1O. The van der Waals surface area contributed by atoms with E-state index in [2.05, 4.69) is 0 Å². The van der Waals surface area contributed by atoms with Crippen LogP contribution in [0.2, 0.25) is 0 Å². The maximum Gasteiger partial charge on any atom is 0.309 e. The van der Waals surface area contributed by atoms with Gasteiger partial charge in [0.25, 0.3) is 0 Å². The second-order valence-corrected chi connectivity index (χ2v) is 9.81. The van der Waals surface area contributed by atoms with E-state index in [1.165, 1.54) is 39.5 Å². The Morgan fingerprint density at radius 3 is 2.12 bits per heavy atom. The summed E-state index contributed by atoms with van der Waals surface area (Å²) in [5.41, 5.74) is 2.12. The lowest BCUT2D eigenvalue weighted by Crippen LogP contribution is -2.21. The number of methoxy groups -OCH3 is 3. The van der Waals surface area contributed by atoms with Gasteiger partial charge >= 0.3 is 5.97 Å². The number of aliphatic hydroxyl groups excluding tert-OH is 2. The summed E-state index contributed by atoms with van der Waals surface area (Å²) in [7, 11) is 4.24. The molecule has 0 aliphatic carbocycles. The van der Waals surface area contributed by atoms with Gasteiger partial charge in [-0.3, -0.25) is 4.79 Å². The fraction of sp³-hybridized carbons (Fsp3) is 0.367. The summed E-state index contributed by atoms with van der Waals surface area (Å²) in [6, 6.07) is 12.6. The quantitative estimate of drug-likeness (QED) is 0.223. The van der Waals surface area contributed by atoms with Crippen LogP contribution in [0.5, 0.6) is 34.5 Å². The number of carbonyl (C=O) groups is 1. The maximum atomic E-state index is 12.8. The molecule has 10 heteroatoms. The van der Waals surface area contributed by atoms with Crippen molar-refractivity contribution in [3.8, 4) is 34.5 Å². The molecule has 1 fully saturated rings. The van der Waals surface area contributed by atoms with Crippen molar-refractivity contribution >= 4 is 5.97 Å². The highest BCUT2D eigenvalue weighted by atomic mass is 16.5. The summed E-state index contributed by atoms with van der Waals surface area (Å²) in [4.78, 5) is 12.8. The zero-order valence-corrected chi connectivity index (χ0v) is 22.5. The molecule has 40 heavy (non-hydrogen) atoms. The molecule has 0 aromatic heterocycles. The van der Waals surface area contributed by atoms with Crippen LogP contribution in [0.3, 0.4) is 0 Å². The van der Waals surface area contributed by atoms with Crippen molar-refractivity contribution in [2.45, 2.75) is 24.9 Å². The van der Waals surface area contributed by atoms with Crippen LogP contribution in [0.25, 0.3) is 0 Å². The molecule has 10 nitrogen and oxygen atoms in total. The Balaban J connectivity index is 1.63. The third-order valence-corrected chi connectivity index (χ3v) is 7.42. The van der Waals surface area contributed by atoms with E-state index in [1.807, 2.05) is 0 Å². The molecule has 4 atom stereocenters. The number of hydrogen-bond acceptors (Lipinski definition) is 10. The number of aliphatic hydroxyl groups is 2. The highest BCUT2D eigenvalue weighted by Gasteiger charge is 2.37. The Kier molecular flexibility index (Phi) is 8.91. The Labute approximate surface area is 232 Å². The van der Waals surface area contributed by atoms with E-state index in [0.717, 1.165) is 5.56 Å². The molecule has 1 aliphatic rings. The fourth-order valence-corrected chi connectivity index (χ4v) is 5.19. The standard InChI is InChI=1S/C30H34O10/c1-37-25-11-16(4-6-23(25)32)8-19-15-40-30(36)20(19)9-17-10-21(29(35)27(12-17)39-3)22(14-31)28(34)18-5-7-24(33)26(13-18)38-2/h4-7,10-13,19-20,22,28,31-35H,8-9,14-15H2,1-3H3/t19-,20-,22+,28-/m1/s1. The lowest BCUT2D eigenvalue weighted by molar-refractivity contribution is -0.141. The Morgan fingerprint density at radius 1 is 0.850 bits per heavy atom. The number of rotatable bonds is 11. The van der Waals surface area contributed by atoms with Gasteiger partial charge in [-0.2, -0.15) is 0 Å². The number of phenols is 3. The number of carbonyl (C=O) groups excluding carboxylic acids is 1. The van der Waals surface area contributed by atoms with Crippen molar-refractivity contribution < 1.29 is 49.3 Å². The number of ether oxygens (including phenoxy) is 4. The minimum atomic E-state index is -1.26. The lowest BCUT2D eigenvalue weighted by atomic mass is 9.83. The molecule has 0 saturated carbocycles. The van der Waals surface area contributed by atoms with Crippen LogP contribution >= 0.6 is 0 Å². The van der Waals surface area contributed by atoms with Gasteiger partial charge in [-0.1, -0.05) is 18.2 Å². The molecule has 0 spiro atoms. The van der Waals surface area contributed by atoms with Crippen molar-refractivity contribution in [3.63, 3.8) is 0 Å². The molecule has 1 aliphatic heterocycles. The van der Waals surface area contributed by atoms with Crippen LogP contribution < -0.4 is 14.2 Å². The molecule has 3 aromatic carbocycles. The summed E-state index contributed by atoms with van der Waals surface area (Å²) < 4.78 is 21.1. The average molecular weight is 555 g/mol. The second kappa shape index (κ2) is 12.4. The molecule has 1 saturated heterocycles. The molecule has 0 radical (unpaired) electrons. The monoisotopic (exact) mass is 554 g/mol. The number of phenolic OH excluding ortho intramolecular Hbond substituents is 3. The molecule has 214 valence electrons. The van der Waals surface area contributed by atoms with Gasteiger partial charge in [-0.25, -0.2) is 0 Å². The van der Waals surface area contributed by atoms with E-state index in [9.17, 15) is 30.3 Å². The highest BCUT2D eigenvalue weighted by molar-refractivity contribution is 5.75. The van der Waals surface area contributed by atoms with E-state index < -0.39 is 24.5 Å². The van der Waals surface area contributed by atoms with Gasteiger partial charge in [-0.05, 0) is 59.9 Å². The van der Waals surface area contributed by atoms with E-state index in [-0.39, 0.29) is 59.2 Å². The van der Waals surface area contributed by atoms with Gasteiger partial charge in [0.05, 0.1) is 46.6 Å². The average Bonchev–Trinajstić information content (AvgIpc) is 3.29. The predicted octanol–water partition coefficient (Wildman–Crippen LogP) is 3.21. The van der Waals surface area contributed by atoms with E-state index >= 15 is 0 Å². The van der Waals surface area contributed by atoms with Gasteiger partial charge in [0, 0.05) is 17.4 Å². The third-order valence-electron chi connectivity index (χ3n) is 7.42. The molecular weight excluding hydrogens is 520 g/mol. The second-order valence-electron chi connectivity index (χ2n) is 9.81. The maximum absolute atomic E-state index is 12.8. The Morgan fingerprint density at radius 2 is 1.48 bits per heavy atom. The summed E-state index contributed by atoms with van der Waals surface area (Å²) in [6.45, 7) is -0.281. The molecule has 3 aromatic rings. The molecule has 0 amide bonds. The molecule has 5 N–H and O–H groups in total. The summed E-state index contributed by atoms with van der Waals surface area (Å²) in [5, 5.41) is 52.2. The smallest absolute Gasteiger partial charge is 0.309 e. The largest absolute Gasteiger partial charge is 0.504 e. The Bertz CT molecular complexity index is 1350. The van der Waals surface area contributed by atoms with Gasteiger partial charge < -0.3 is 44.5 Å². The summed E-state index contributed by atoms with van der Waals surface area (Å²) in [6.07, 6.45) is -0.488. The van der Waals surface area contributed by atoms with Gasteiger partial charge in [0.1, 0.15) is 0 Å². The molecule has 0 unspecified atom stereocenters. The molecule has 0 bridgehead atoms. The van der Waals surface area contributed by atoms with Crippen molar-refractivity contribution in [1.29, 1.82) is 0 Å². The third kappa shape index (κ3) is 5.88. The number of benzene rings is 3. The normalized spacial score (nSPS) is 18.2. The lowest BCUT2D eigenvalue weighted by Gasteiger charge is -2.25. The van der Waals surface area contributed by atoms with Crippen LogP contribution in [-0.4, -0.2) is 66.0 Å². The van der Waals surface area contributed by atoms with Gasteiger partial charge in [0.2, 0.25) is 0 Å². The van der Waals surface area contributed by atoms with Gasteiger partial charge in [0.15, 0.2) is 34.5 Å². The van der Waals surface area contributed by atoms with Crippen molar-refractivity contribution in [3.05, 3.63) is 70.8 Å². The number of hydrogen-bond donors (Lipinski definition) is 5. The van der Waals surface area contributed by atoms with Crippen LogP contribution in [0.1, 0.15) is 34.3 Å². The topological polar surface area (TPSA) is 155 Å². The minimum absolute atomic E-state index is 0.0247. The first-order chi connectivity index (χ1) is 19.2. The van der Waals surface area contributed by atoms with Crippen molar-refractivity contribution in [2.75, 3.05) is 34.5 Å². The van der Waals surface area contributed by atoms with Crippen molar-refractivity contribution in [2.24, 2.45) is 11.8 Å². The summed E-state index contributed by atoms with van der Waals surface area (Å²) in [5.74, 6) is -1.66. The highest BCUT2D eigenvalue weighted by Crippen LogP contribution is 2.43. The first-order valence-electron chi connectivity index (χ1n) is 12.8. The zero-order chi connectivity index (χ0) is 29.0. The minimum Gasteiger partial charge on any atom is -0.504 e. The van der Waals surface area contributed by atoms with Crippen LogP contribution in [-0.2, 0) is 22.4 Å². The molecule has 1 heterocycles. The van der Waals surface area contributed by atoms with Crippen LogP contribution in [0, 0.1) is 11.8 Å². The molecule has 4 rings (SSSR count). The fourth-order valence-electron chi connectivity index (χ4n) is 5.19. The van der Waals surface area contributed by atoms with E-state index in [4.69, 9.17) is 18.9 Å². The van der Waals surface area contributed by atoms with Crippen LogP contribution in [0.15, 0.2) is 48.5 Å². The summed E-state index contributed by atoms with van der Waals surface area (Å²) >= 11 is 0. The van der Waals surface area contributed by atoms with Gasteiger partial charge in [-0.15, -0.1) is 0 Å². The van der Waals surface area contributed by atoms with Crippen LogP contribution in [0.4, 0.5) is 0 Å². The number of aromatic hydroxyl groups is 3. The van der Waals surface area contributed by atoms with E-state index in [0.29, 0.717) is 23.3 Å². The first-order valence-corrected chi connectivity index (χ1v) is 12.8. The number of cyclic esters (lactones) is 1. The van der Waals surface area contributed by atoms with Crippen molar-refractivity contribution in [1.82, 2.24) is 0 Å². The number of esters is 1. The molecular formula is C30H34O10. The predicted molar refractivity (Wildman–Crippen MR) is 144 cm³/mol. The van der Waals surface area contributed by atoms with E-state index in [1.54, 1.807) is 30.3 Å². The Hall–Kier alpha value is -4.15. The first kappa shape index (κ1) is 28.8.